The lowest BCUT2D eigenvalue weighted by atomic mass is 10.2. The molecule has 1 atom stereocenters. The van der Waals surface area contributed by atoms with Crippen molar-refractivity contribution in [3.05, 3.63) is 0 Å². The van der Waals surface area contributed by atoms with Crippen LogP contribution >= 0.6 is 0 Å². The maximum Gasteiger partial charge on any atom is 0.378 e. The molecule has 0 aliphatic carbocycles. The van der Waals surface area contributed by atoms with Crippen molar-refractivity contribution in [1.82, 2.24) is 0 Å². The highest BCUT2D eigenvalue weighted by atomic mass is 19.1. The van der Waals surface area contributed by atoms with E-state index >= 15 is 0 Å². The minimum Gasteiger partial charge on any atom is -0.467 e. The third-order valence-corrected chi connectivity index (χ3v) is 1.02. The van der Waals surface area contributed by atoms with Crippen LogP contribution in [0.3, 0.4) is 0 Å². The first-order valence-corrected chi connectivity index (χ1v) is 2.88. The Morgan fingerprint density at radius 3 is 2.00 bits per heavy atom. The van der Waals surface area contributed by atoms with Crippen LogP contribution in [-0.2, 0) is 23.9 Å². The summed E-state index contributed by atoms with van der Waals surface area (Å²) in [6.45, 7) is 0. The van der Waals surface area contributed by atoms with Gasteiger partial charge in [-0.25, -0.2) is 14.0 Å². The van der Waals surface area contributed by atoms with Crippen LogP contribution in [-0.4, -0.2) is 38.1 Å². The van der Waals surface area contributed by atoms with Gasteiger partial charge in [-0.1, -0.05) is 0 Å². The van der Waals surface area contributed by atoms with E-state index in [1.54, 1.807) is 0 Å². The molecule has 0 aliphatic heterocycles. The van der Waals surface area contributed by atoms with Crippen molar-refractivity contribution in [2.45, 2.75) is 6.17 Å². The molecule has 5 nitrogen and oxygen atoms in total. The molecule has 0 amide bonds. The van der Waals surface area contributed by atoms with E-state index < -0.39 is 23.9 Å². The van der Waals surface area contributed by atoms with Gasteiger partial charge < -0.3 is 9.47 Å². The van der Waals surface area contributed by atoms with E-state index in [1.807, 2.05) is 0 Å². The van der Waals surface area contributed by atoms with Crippen LogP contribution in [0.15, 0.2) is 0 Å². The lowest BCUT2D eigenvalue weighted by molar-refractivity contribution is -0.160. The van der Waals surface area contributed by atoms with E-state index in [2.05, 4.69) is 9.47 Å². The zero-order valence-electron chi connectivity index (χ0n) is 6.50. The Balaban J connectivity index is 4.29. The number of halogens is 1. The van der Waals surface area contributed by atoms with E-state index in [4.69, 9.17) is 0 Å². The molecule has 0 rings (SSSR count). The number of rotatable bonds is 3. The zero-order chi connectivity index (χ0) is 9.72. The molecule has 1 unspecified atom stereocenters. The Labute approximate surface area is 67.4 Å². The Morgan fingerprint density at radius 1 is 1.17 bits per heavy atom. The predicted octanol–water partition coefficient (Wildman–Crippen LogP) is -0.760. The average Bonchev–Trinajstić information content (AvgIpc) is 2.12. The number of hydrogen-bond acceptors (Lipinski definition) is 5. The SMILES string of the molecule is COC(=O)C(=O)C(F)C(=O)OC. The summed E-state index contributed by atoms with van der Waals surface area (Å²) in [6, 6.07) is 0. The van der Waals surface area contributed by atoms with Gasteiger partial charge in [0.05, 0.1) is 14.2 Å². The molecule has 0 fully saturated rings. The van der Waals surface area contributed by atoms with E-state index in [0.717, 1.165) is 14.2 Å². The van der Waals surface area contributed by atoms with Crippen molar-refractivity contribution in [3.63, 3.8) is 0 Å². The van der Waals surface area contributed by atoms with Gasteiger partial charge in [0.25, 0.3) is 12.0 Å². The van der Waals surface area contributed by atoms with Crippen LogP contribution < -0.4 is 0 Å². The number of esters is 2. The number of carbonyl (C=O) groups is 3. The highest BCUT2D eigenvalue weighted by Crippen LogP contribution is 1.97. The summed E-state index contributed by atoms with van der Waals surface area (Å²) in [5, 5.41) is 0. The van der Waals surface area contributed by atoms with Crippen molar-refractivity contribution in [2.24, 2.45) is 0 Å². The minimum absolute atomic E-state index is 0.902. The average molecular weight is 178 g/mol. The van der Waals surface area contributed by atoms with Crippen molar-refractivity contribution >= 4 is 17.7 Å². The summed E-state index contributed by atoms with van der Waals surface area (Å²) in [5.41, 5.74) is 0. The summed E-state index contributed by atoms with van der Waals surface area (Å²) in [4.78, 5) is 31.2. The molecular formula is C6H7FO5. The zero-order valence-corrected chi connectivity index (χ0v) is 6.50. The Kier molecular flexibility index (Phi) is 3.89. The summed E-state index contributed by atoms with van der Waals surface area (Å²) < 4.78 is 20.3. The number of methoxy groups -OCH3 is 2. The topological polar surface area (TPSA) is 69.7 Å². The highest BCUT2D eigenvalue weighted by molar-refractivity contribution is 6.39. The Morgan fingerprint density at radius 2 is 1.67 bits per heavy atom. The lowest BCUT2D eigenvalue weighted by Gasteiger charge is -2.02. The third kappa shape index (κ3) is 2.30. The van der Waals surface area contributed by atoms with Crippen molar-refractivity contribution in [1.29, 1.82) is 0 Å². The molecule has 0 N–H and O–H groups in total. The van der Waals surface area contributed by atoms with E-state index in [1.165, 1.54) is 0 Å². The first kappa shape index (κ1) is 10.5. The molecule has 0 bridgehead atoms. The molecule has 0 saturated carbocycles. The van der Waals surface area contributed by atoms with Crippen LogP contribution in [0, 0.1) is 0 Å². The van der Waals surface area contributed by atoms with Crippen molar-refractivity contribution in [3.8, 4) is 0 Å². The van der Waals surface area contributed by atoms with Gasteiger partial charge in [0.2, 0.25) is 0 Å². The fraction of sp³-hybridized carbons (Fsp3) is 0.500. The molecule has 0 aromatic rings. The van der Waals surface area contributed by atoms with Crippen molar-refractivity contribution < 1.29 is 28.2 Å². The summed E-state index contributed by atoms with van der Waals surface area (Å²) >= 11 is 0. The van der Waals surface area contributed by atoms with Crippen LogP contribution in [0.1, 0.15) is 0 Å². The van der Waals surface area contributed by atoms with Gasteiger partial charge in [0.1, 0.15) is 0 Å². The second-order valence-electron chi connectivity index (χ2n) is 1.74. The van der Waals surface area contributed by atoms with Gasteiger partial charge in [0, 0.05) is 0 Å². The smallest absolute Gasteiger partial charge is 0.378 e. The number of carbonyl (C=O) groups excluding carboxylic acids is 3. The highest BCUT2D eigenvalue weighted by Gasteiger charge is 2.33. The molecule has 68 valence electrons. The van der Waals surface area contributed by atoms with Gasteiger partial charge in [-0.05, 0) is 0 Å². The molecule has 0 radical (unpaired) electrons. The maximum absolute atomic E-state index is 12.5. The number of ether oxygens (including phenoxy) is 2. The predicted molar refractivity (Wildman–Crippen MR) is 33.9 cm³/mol. The third-order valence-electron chi connectivity index (χ3n) is 1.02. The minimum atomic E-state index is -2.59. The first-order valence-electron chi connectivity index (χ1n) is 2.88. The number of Topliss-reactive ketones (excluding diaryl/α,β-unsaturated/α-hetero) is 1. The van der Waals surface area contributed by atoms with Crippen LogP contribution in [0.2, 0.25) is 0 Å². The largest absolute Gasteiger partial charge is 0.467 e. The van der Waals surface area contributed by atoms with Crippen LogP contribution in [0.5, 0.6) is 0 Å². The normalized spacial score (nSPS) is 11.6. The van der Waals surface area contributed by atoms with Gasteiger partial charge >= 0.3 is 11.9 Å². The van der Waals surface area contributed by atoms with Gasteiger partial charge in [-0.15, -0.1) is 0 Å². The first-order chi connectivity index (χ1) is 5.54. The molecule has 0 aliphatic rings. The van der Waals surface area contributed by atoms with Gasteiger partial charge in [-0.3, -0.25) is 4.79 Å². The second-order valence-corrected chi connectivity index (χ2v) is 1.74. The molecule has 0 saturated heterocycles. The molecule has 0 aromatic heterocycles. The standard InChI is InChI=1S/C6H7FO5/c1-11-5(9)3(7)4(8)6(10)12-2/h3H,1-2H3. The van der Waals surface area contributed by atoms with Crippen molar-refractivity contribution in [2.75, 3.05) is 14.2 Å². The molecule has 6 heteroatoms. The van der Waals surface area contributed by atoms with E-state index in [0.29, 0.717) is 0 Å². The van der Waals surface area contributed by atoms with Crippen LogP contribution in [0.4, 0.5) is 4.39 Å². The Hall–Kier alpha value is -1.46. The van der Waals surface area contributed by atoms with Gasteiger partial charge in [-0.2, -0.15) is 0 Å². The fourth-order valence-corrected chi connectivity index (χ4v) is 0.415. The number of alkyl halides is 1. The quantitative estimate of drug-likeness (QED) is 0.322. The van der Waals surface area contributed by atoms with E-state index in [9.17, 15) is 18.8 Å². The molecular weight excluding hydrogens is 171 g/mol. The molecule has 0 aromatic carbocycles. The lowest BCUT2D eigenvalue weighted by Crippen LogP contribution is -2.33. The van der Waals surface area contributed by atoms with E-state index in [-0.39, 0.29) is 0 Å². The Bertz CT molecular complexity index is 212. The fourth-order valence-electron chi connectivity index (χ4n) is 0.415. The summed E-state index contributed by atoms with van der Waals surface area (Å²) in [6.07, 6.45) is -2.59. The second kappa shape index (κ2) is 4.42. The molecule has 0 spiro atoms. The molecule has 0 heterocycles. The number of ketones is 1. The maximum atomic E-state index is 12.5. The number of hydrogen-bond donors (Lipinski definition) is 0. The van der Waals surface area contributed by atoms with Crippen LogP contribution in [0.25, 0.3) is 0 Å². The van der Waals surface area contributed by atoms with Gasteiger partial charge in [0.15, 0.2) is 0 Å². The summed E-state index contributed by atoms with van der Waals surface area (Å²) in [7, 11) is 1.81. The monoisotopic (exact) mass is 178 g/mol. The summed E-state index contributed by atoms with van der Waals surface area (Å²) in [5.74, 6) is -4.39. The molecule has 12 heavy (non-hydrogen) atoms.